The fraction of sp³-hybridized carbons (Fsp3) is 0.318. The van der Waals surface area contributed by atoms with Gasteiger partial charge >= 0.3 is 5.97 Å². The van der Waals surface area contributed by atoms with E-state index in [1.54, 1.807) is 0 Å². The molecule has 134 valence electrons. The Kier molecular flexibility index (Phi) is 6.06. The van der Waals surface area contributed by atoms with E-state index in [0.717, 1.165) is 16.7 Å². The van der Waals surface area contributed by atoms with Gasteiger partial charge in [-0.3, -0.25) is 9.69 Å². The van der Waals surface area contributed by atoms with Crippen LogP contribution in [0.1, 0.15) is 29.5 Å². The van der Waals surface area contributed by atoms with Crippen LogP contribution in [-0.2, 0) is 16.1 Å². The predicted octanol–water partition coefficient (Wildman–Crippen LogP) is 2.58. The largest absolute Gasteiger partial charge is 0.468 e. The van der Waals surface area contributed by atoms with Crippen LogP contribution < -0.4 is 0 Å². The molecule has 0 spiro atoms. The Hall–Kier alpha value is -2.61. The topological polar surface area (TPSA) is 49.8 Å². The number of methoxy groups -OCH3 is 1. The molecule has 26 heavy (non-hydrogen) atoms. The monoisotopic (exact) mass is 349 g/mol. The number of piperidine rings is 1. The Morgan fingerprint density at radius 1 is 1.15 bits per heavy atom. The molecule has 0 aromatic heterocycles. The van der Waals surface area contributed by atoms with Gasteiger partial charge in [-0.15, -0.1) is 0 Å². The summed E-state index contributed by atoms with van der Waals surface area (Å²) in [6.07, 6.45) is 0.610. The summed E-state index contributed by atoms with van der Waals surface area (Å²) in [6.45, 7) is 1.26. The van der Waals surface area contributed by atoms with Crippen LogP contribution in [0.2, 0.25) is 0 Å². The first-order valence-corrected chi connectivity index (χ1v) is 8.82. The van der Waals surface area contributed by atoms with Crippen LogP contribution >= 0.6 is 0 Å². The molecule has 3 rings (SSSR count). The minimum atomic E-state index is -0.455. The molecule has 1 aliphatic heterocycles. The molecular weight excluding hydrogens is 326 g/mol. The number of benzene rings is 2. The van der Waals surface area contributed by atoms with Crippen molar-refractivity contribution in [2.24, 2.45) is 0 Å². The quantitative estimate of drug-likeness (QED) is 0.684. The molecular formula is C22H23NO3. The van der Waals surface area contributed by atoms with Crippen molar-refractivity contribution in [2.75, 3.05) is 13.7 Å². The van der Waals surface area contributed by atoms with E-state index in [-0.39, 0.29) is 5.97 Å². The Morgan fingerprint density at radius 3 is 2.65 bits per heavy atom. The Balaban J connectivity index is 1.81. The lowest BCUT2D eigenvalue weighted by molar-refractivity contribution is -0.150. The van der Waals surface area contributed by atoms with Crippen molar-refractivity contribution in [3.05, 3.63) is 71.3 Å². The van der Waals surface area contributed by atoms with Gasteiger partial charge in [0, 0.05) is 24.2 Å². The van der Waals surface area contributed by atoms with Crippen LogP contribution in [-0.4, -0.2) is 41.8 Å². The van der Waals surface area contributed by atoms with Gasteiger partial charge in [-0.05, 0) is 36.6 Å². The van der Waals surface area contributed by atoms with Crippen molar-refractivity contribution < 1.29 is 14.6 Å². The van der Waals surface area contributed by atoms with Crippen molar-refractivity contribution in [3.8, 4) is 11.8 Å². The normalized spacial score (nSPS) is 20.1. The average Bonchev–Trinajstić information content (AvgIpc) is 2.69. The zero-order chi connectivity index (χ0) is 18.4. The van der Waals surface area contributed by atoms with E-state index < -0.39 is 12.1 Å². The molecule has 2 atom stereocenters. The summed E-state index contributed by atoms with van der Waals surface area (Å²) >= 11 is 0. The van der Waals surface area contributed by atoms with Crippen molar-refractivity contribution in [1.29, 1.82) is 0 Å². The lowest BCUT2D eigenvalue weighted by atomic mass is 9.97. The number of aliphatic hydroxyl groups is 1. The zero-order valence-corrected chi connectivity index (χ0v) is 14.9. The van der Waals surface area contributed by atoms with Crippen LogP contribution in [0.3, 0.4) is 0 Å². The van der Waals surface area contributed by atoms with E-state index in [9.17, 15) is 9.90 Å². The van der Waals surface area contributed by atoms with Gasteiger partial charge in [-0.25, -0.2) is 0 Å². The molecule has 0 radical (unpaired) electrons. The summed E-state index contributed by atoms with van der Waals surface area (Å²) in [6, 6.07) is 17.4. The molecule has 0 saturated carbocycles. The average molecular weight is 349 g/mol. The van der Waals surface area contributed by atoms with Crippen LogP contribution in [0.15, 0.2) is 54.6 Å². The SMILES string of the molecule is COC(=O)[C@@H]1C[C@H](O)CCN1Cc1ccccc1C#Cc1ccccc1. The van der Waals surface area contributed by atoms with Gasteiger partial charge in [0.2, 0.25) is 0 Å². The maximum Gasteiger partial charge on any atom is 0.323 e. The van der Waals surface area contributed by atoms with Crippen LogP contribution in [0.5, 0.6) is 0 Å². The van der Waals surface area contributed by atoms with Gasteiger partial charge < -0.3 is 9.84 Å². The molecule has 1 heterocycles. The van der Waals surface area contributed by atoms with Gasteiger partial charge in [0.25, 0.3) is 0 Å². The molecule has 0 amide bonds. The summed E-state index contributed by atoms with van der Waals surface area (Å²) in [7, 11) is 1.39. The molecule has 0 unspecified atom stereocenters. The van der Waals surface area contributed by atoms with Crippen molar-refractivity contribution in [3.63, 3.8) is 0 Å². The van der Waals surface area contributed by atoms with Crippen LogP contribution in [0, 0.1) is 11.8 Å². The third-order valence-electron chi connectivity index (χ3n) is 4.67. The molecule has 0 bridgehead atoms. The van der Waals surface area contributed by atoms with E-state index in [1.165, 1.54) is 7.11 Å². The highest BCUT2D eigenvalue weighted by molar-refractivity contribution is 5.75. The lowest BCUT2D eigenvalue weighted by Crippen LogP contribution is -2.48. The van der Waals surface area contributed by atoms with Crippen molar-refractivity contribution >= 4 is 5.97 Å². The van der Waals surface area contributed by atoms with E-state index in [4.69, 9.17) is 4.74 Å². The number of rotatable bonds is 3. The van der Waals surface area contributed by atoms with Crippen molar-refractivity contribution in [2.45, 2.75) is 31.5 Å². The van der Waals surface area contributed by atoms with Crippen LogP contribution in [0.25, 0.3) is 0 Å². The minimum Gasteiger partial charge on any atom is -0.468 e. The molecule has 0 aliphatic carbocycles. The Bertz CT molecular complexity index is 807. The first-order chi connectivity index (χ1) is 12.7. The van der Waals surface area contributed by atoms with Gasteiger partial charge in [-0.1, -0.05) is 48.2 Å². The zero-order valence-electron chi connectivity index (χ0n) is 14.9. The molecule has 1 aliphatic rings. The van der Waals surface area contributed by atoms with E-state index in [1.807, 2.05) is 54.6 Å². The highest BCUT2D eigenvalue weighted by Crippen LogP contribution is 2.22. The summed E-state index contributed by atoms with van der Waals surface area (Å²) in [5.74, 6) is 6.14. The first-order valence-electron chi connectivity index (χ1n) is 8.82. The number of nitrogens with zero attached hydrogens (tertiary/aromatic N) is 1. The molecule has 4 nitrogen and oxygen atoms in total. The van der Waals surface area contributed by atoms with E-state index >= 15 is 0 Å². The number of hydrogen-bond donors (Lipinski definition) is 1. The number of likely N-dealkylation sites (tertiary alicyclic amines) is 1. The number of carbonyl (C=O) groups excluding carboxylic acids is 1. The van der Waals surface area contributed by atoms with Gasteiger partial charge in [0.1, 0.15) is 6.04 Å². The number of hydrogen-bond acceptors (Lipinski definition) is 4. The molecule has 2 aromatic carbocycles. The molecule has 4 heteroatoms. The number of carbonyl (C=O) groups is 1. The summed E-state index contributed by atoms with van der Waals surface area (Å²) in [4.78, 5) is 14.2. The van der Waals surface area contributed by atoms with Gasteiger partial charge in [0.05, 0.1) is 13.2 Å². The smallest absolute Gasteiger partial charge is 0.323 e. The highest BCUT2D eigenvalue weighted by Gasteiger charge is 2.33. The van der Waals surface area contributed by atoms with E-state index in [2.05, 4.69) is 16.7 Å². The number of aliphatic hydroxyl groups excluding tert-OH is 1. The third-order valence-corrected chi connectivity index (χ3v) is 4.67. The summed E-state index contributed by atoms with van der Waals surface area (Å²) in [5, 5.41) is 9.92. The Morgan fingerprint density at radius 2 is 1.88 bits per heavy atom. The second-order valence-electron chi connectivity index (χ2n) is 6.46. The minimum absolute atomic E-state index is 0.295. The maximum absolute atomic E-state index is 12.1. The molecule has 2 aromatic rings. The summed E-state index contributed by atoms with van der Waals surface area (Å²) < 4.78 is 4.92. The van der Waals surface area contributed by atoms with Crippen molar-refractivity contribution in [1.82, 2.24) is 4.90 Å². The van der Waals surface area contributed by atoms with Gasteiger partial charge in [0.15, 0.2) is 0 Å². The standard InChI is InChI=1S/C22H23NO3/c1-26-22(25)21-15-20(24)13-14-23(21)16-19-10-6-5-9-18(19)12-11-17-7-3-2-4-8-17/h2-10,20-21,24H,13-16H2,1H3/t20-,21+/m1/s1. The fourth-order valence-corrected chi connectivity index (χ4v) is 3.23. The van der Waals surface area contributed by atoms with E-state index in [0.29, 0.717) is 25.9 Å². The fourth-order valence-electron chi connectivity index (χ4n) is 3.23. The van der Waals surface area contributed by atoms with Gasteiger partial charge in [-0.2, -0.15) is 0 Å². The Labute approximate surface area is 154 Å². The number of ether oxygens (including phenoxy) is 1. The first kappa shape index (κ1) is 18.2. The lowest BCUT2D eigenvalue weighted by Gasteiger charge is -2.36. The second-order valence-corrected chi connectivity index (χ2v) is 6.46. The maximum atomic E-state index is 12.1. The molecule has 1 fully saturated rings. The predicted molar refractivity (Wildman–Crippen MR) is 100 cm³/mol. The highest BCUT2D eigenvalue weighted by atomic mass is 16.5. The second kappa shape index (κ2) is 8.66. The molecule has 1 N–H and O–H groups in total. The molecule has 1 saturated heterocycles. The number of esters is 1. The third kappa shape index (κ3) is 4.51. The summed E-state index contributed by atoms with van der Waals surface area (Å²) in [5.41, 5.74) is 2.99. The van der Waals surface area contributed by atoms with Crippen LogP contribution in [0.4, 0.5) is 0 Å².